The number of rotatable bonds is 3. The fraction of sp³-hybridized carbons (Fsp3) is 0.364. The normalized spacial score (nSPS) is 16.1. The first-order valence-corrected chi connectivity index (χ1v) is 5.24. The third kappa shape index (κ3) is 2.20. The van der Waals surface area contributed by atoms with Gasteiger partial charge in [0.05, 0.1) is 6.42 Å². The van der Waals surface area contributed by atoms with Crippen molar-refractivity contribution in [2.24, 2.45) is 20.7 Å². The summed E-state index contributed by atoms with van der Waals surface area (Å²) in [7, 11) is 3.40. The minimum absolute atomic E-state index is 0.0614. The summed E-state index contributed by atoms with van der Waals surface area (Å²) in [6.45, 7) is 0. The highest BCUT2D eigenvalue weighted by molar-refractivity contribution is 5.77. The van der Waals surface area contributed by atoms with Crippen LogP contribution in [0.3, 0.4) is 0 Å². The highest BCUT2D eigenvalue weighted by atomic mass is 16.2. The fourth-order valence-corrected chi connectivity index (χ4v) is 1.57. The van der Waals surface area contributed by atoms with E-state index >= 15 is 0 Å². The van der Waals surface area contributed by atoms with Crippen LogP contribution >= 0.6 is 0 Å². The Hall–Kier alpha value is -2.11. The van der Waals surface area contributed by atoms with Crippen LogP contribution in [0.1, 0.15) is 12.0 Å². The Labute approximate surface area is 99.0 Å². The largest absolute Gasteiger partial charge is 0.349 e. The average molecular weight is 231 g/mol. The average Bonchev–Trinajstić information content (AvgIpc) is 2.80. The monoisotopic (exact) mass is 231 g/mol. The van der Waals surface area contributed by atoms with E-state index in [2.05, 4.69) is 20.7 Å². The molecule has 1 heterocycles. The van der Waals surface area contributed by atoms with E-state index in [0.717, 1.165) is 5.56 Å². The first-order valence-electron chi connectivity index (χ1n) is 5.24. The van der Waals surface area contributed by atoms with Crippen LogP contribution in [-0.2, 0) is 10.5 Å². The maximum absolute atomic E-state index is 11.8. The number of benzene rings is 1. The second-order valence-electron chi connectivity index (χ2n) is 4.03. The molecule has 0 N–H and O–H groups in total. The molecule has 0 saturated heterocycles. The predicted octanol–water partition coefficient (Wildman–Crippen LogP) is 2.15. The molecular formula is C11H13N5O. The lowest BCUT2D eigenvalue weighted by Gasteiger charge is -2.21. The molecule has 2 rings (SSSR count). The Morgan fingerprint density at radius 1 is 1.18 bits per heavy atom. The van der Waals surface area contributed by atoms with Crippen molar-refractivity contribution in [2.45, 2.75) is 12.1 Å². The maximum Gasteiger partial charge on any atom is 0.228 e. The lowest BCUT2D eigenvalue weighted by Crippen LogP contribution is -2.30. The summed E-state index contributed by atoms with van der Waals surface area (Å²) >= 11 is 0. The van der Waals surface area contributed by atoms with Crippen molar-refractivity contribution in [3.8, 4) is 0 Å². The molecule has 1 aromatic rings. The first kappa shape index (κ1) is 11.4. The van der Waals surface area contributed by atoms with Crippen LogP contribution in [0.4, 0.5) is 0 Å². The Morgan fingerprint density at radius 2 is 1.76 bits per heavy atom. The molecule has 0 bridgehead atoms. The highest BCUT2D eigenvalue weighted by Gasteiger charge is 2.38. The first-order chi connectivity index (χ1) is 8.14. The Balaban J connectivity index is 2.32. The summed E-state index contributed by atoms with van der Waals surface area (Å²) in [5, 5.41) is 15.1. The number of carbonyl (C=O) groups is 1. The molecule has 0 saturated carbocycles. The van der Waals surface area contributed by atoms with E-state index in [9.17, 15) is 4.79 Å². The molecule has 1 aliphatic rings. The minimum atomic E-state index is -0.984. The summed E-state index contributed by atoms with van der Waals surface area (Å²) in [6.07, 6.45) is 0.136. The number of nitrogens with zero attached hydrogens (tertiary/aromatic N) is 5. The number of hydrogen-bond acceptors (Lipinski definition) is 5. The van der Waals surface area contributed by atoms with Crippen molar-refractivity contribution < 1.29 is 4.79 Å². The predicted molar refractivity (Wildman–Crippen MR) is 61.1 cm³/mol. The van der Waals surface area contributed by atoms with Gasteiger partial charge in [0, 0.05) is 19.7 Å². The van der Waals surface area contributed by atoms with E-state index in [4.69, 9.17) is 0 Å². The van der Waals surface area contributed by atoms with Crippen molar-refractivity contribution in [3.63, 3.8) is 0 Å². The SMILES string of the molecule is CN(C)C(=O)CC1(c2ccccc2)N=NN=N1. The van der Waals surface area contributed by atoms with E-state index in [0.29, 0.717) is 0 Å². The van der Waals surface area contributed by atoms with Gasteiger partial charge in [-0.1, -0.05) is 30.3 Å². The number of amides is 1. The van der Waals surface area contributed by atoms with Crippen LogP contribution in [0.5, 0.6) is 0 Å². The molecule has 0 aliphatic carbocycles. The molecule has 6 nitrogen and oxygen atoms in total. The molecule has 0 aromatic heterocycles. The van der Waals surface area contributed by atoms with Crippen molar-refractivity contribution in [1.82, 2.24) is 4.90 Å². The molecule has 0 unspecified atom stereocenters. The van der Waals surface area contributed by atoms with Crippen LogP contribution in [-0.4, -0.2) is 24.9 Å². The van der Waals surface area contributed by atoms with Gasteiger partial charge in [-0.15, -0.1) is 10.2 Å². The highest BCUT2D eigenvalue weighted by Crippen LogP contribution is 2.35. The smallest absolute Gasteiger partial charge is 0.228 e. The third-order valence-electron chi connectivity index (χ3n) is 2.59. The van der Waals surface area contributed by atoms with Gasteiger partial charge in [-0.2, -0.15) is 0 Å². The summed E-state index contributed by atoms with van der Waals surface area (Å²) in [6, 6.07) is 9.38. The summed E-state index contributed by atoms with van der Waals surface area (Å²) < 4.78 is 0. The van der Waals surface area contributed by atoms with Gasteiger partial charge >= 0.3 is 0 Å². The third-order valence-corrected chi connectivity index (χ3v) is 2.59. The van der Waals surface area contributed by atoms with E-state index in [1.54, 1.807) is 14.1 Å². The van der Waals surface area contributed by atoms with Crippen molar-refractivity contribution >= 4 is 5.91 Å². The minimum Gasteiger partial charge on any atom is -0.349 e. The van der Waals surface area contributed by atoms with Crippen molar-refractivity contribution in [3.05, 3.63) is 35.9 Å². The standard InChI is InChI=1S/C11H13N5O/c1-16(2)10(17)8-11(12-14-15-13-11)9-6-4-3-5-7-9/h3-7H,8H2,1-2H3. The van der Waals surface area contributed by atoms with Crippen LogP contribution < -0.4 is 0 Å². The van der Waals surface area contributed by atoms with Crippen LogP contribution in [0, 0.1) is 0 Å². The second-order valence-corrected chi connectivity index (χ2v) is 4.03. The molecule has 0 radical (unpaired) electrons. The zero-order valence-electron chi connectivity index (χ0n) is 9.74. The lowest BCUT2D eigenvalue weighted by molar-refractivity contribution is -0.130. The molecule has 1 aliphatic heterocycles. The molecule has 1 amide bonds. The Morgan fingerprint density at radius 3 is 2.29 bits per heavy atom. The summed E-state index contributed by atoms with van der Waals surface area (Å²) in [5.41, 5.74) is -0.164. The zero-order chi connectivity index (χ0) is 12.3. The molecule has 0 fully saturated rings. The van der Waals surface area contributed by atoms with Gasteiger partial charge in [0.15, 0.2) is 0 Å². The molecular weight excluding hydrogens is 218 g/mol. The van der Waals surface area contributed by atoms with Crippen LogP contribution in [0.2, 0.25) is 0 Å². The lowest BCUT2D eigenvalue weighted by atomic mass is 9.97. The van der Waals surface area contributed by atoms with E-state index in [-0.39, 0.29) is 12.3 Å². The molecule has 0 atom stereocenters. The van der Waals surface area contributed by atoms with Gasteiger partial charge in [-0.3, -0.25) is 4.79 Å². The van der Waals surface area contributed by atoms with Crippen molar-refractivity contribution in [2.75, 3.05) is 14.1 Å². The van der Waals surface area contributed by atoms with Gasteiger partial charge in [0.1, 0.15) is 0 Å². The zero-order valence-corrected chi connectivity index (χ0v) is 9.74. The molecule has 0 spiro atoms. The summed E-state index contributed by atoms with van der Waals surface area (Å²) in [4.78, 5) is 13.3. The molecule has 6 heteroatoms. The van der Waals surface area contributed by atoms with Gasteiger partial charge in [0.25, 0.3) is 0 Å². The quantitative estimate of drug-likeness (QED) is 0.785. The molecule has 1 aromatic carbocycles. The van der Waals surface area contributed by atoms with Crippen LogP contribution in [0.25, 0.3) is 0 Å². The number of hydrogen-bond donors (Lipinski definition) is 0. The summed E-state index contributed by atoms with van der Waals surface area (Å²) in [5.74, 6) is -0.0614. The number of carbonyl (C=O) groups excluding carboxylic acids is 1. The Bertz CT molecular complexity index is 454. The van der Waals surface area contributed by atoms with Crippen molar-refractivity contribution in [1.29, 1.82) is 0 Å². The van der Waals surface area contributed by atoms with E-state index < -0.39 is 5.66 Å². The van der Waals surface area contributed by atoms with Gasteiger partial charge in [-0.05, 0) is 10.4 Å². The maximum atomic E-state index is 11.8. The van der Waals surface area contributed by atoms with E-state index in [1.165, 1.54) is 4.90 Å². The molecule has 88 valence electrons. The van der Waals surface area contributed by atoms with Gasteiger partial charge in [-0.25, -0.2) is 0 Å². The topological polar surface area (TPSA) is 69.8 Å². The van der Waals surface area contributed by atoms with E-state index in [1.807, 2.05) is 30.3 Å². The Kier molecular flexibility index (Phi) is 2.95. The van der Waals surface area contributed by atoms with Crippen LogP contribution in [0.15, 0.2) is 51.0 Å². The van der Waals surface area contributed by atoms with Gasteiger partial charge in [0.2, 0.25) is 11.6 Å². The van der Waals surface area contributed by atoms with Gasteiger partial charge < -0.3 is 4.90 Å². The molecule has 17 heavy (non-hydrogen) atoms. The fourth-order valence-electron chi connectivity index (χ4n) is 1.57. The second kappa shape index (κ2) is 4.40.